The molecule has 1 aromatic rings. The van der Waals surface area contributed by atoms with Crippen molar-refractivity contribution >= 4 is 34.3 Å². The van der Waals surface area contributed by atoms with E-state index in [0.29, 0.717) is 18.8 Å². The van der Waals surface area contributed by atoms with Gasteiger partial charge in [0, 0.05) is 26.2 Å². The van der Waals surface area contributed by atoms with Gasteiger partial charge in [0.25, 0.3) is 0 Å². The van der Waals surface area contributed by atoms with Gasteiger partial charge in [-0.1, -0.05) is 0 Å². The van der Waals surface area contributed by atoms with Gasteiger partial charge in [-0.15, -0.1) is 12.4 Å². The molecule has 0 spiro atoms. The number of hydrogen-bond donors (Lipinski definition) is 2. The maximum Gasteiger partial charge on any atom is 0.322 e. The van der Waals surface area contributed by atoms with Crippen LogP contribution in [0.3, 0.4) is 0 Å². The van der Waals surface area contributed by atoms with Crippen LogP contribution in [-0.2, 0) is 19.6 Å². The van der Waals surface area contributed by atoms with E-state index in [1.54, 1.807) is 17.0 Å². The summed E-state index contributed by atoms with van der Waals surface area (Å²) in [7, 11) is -2.08. The van der Waals surface area contributed by atoms with E-state index in [1.807, 2.05) is 0 Å². The van der Waals surface area contributed by atoms with Crippen molar-refractivity contribution in [2.75, 3.05) is 46.4 Å². The number of carboxylic acids is 1. The first kappa shape index (κ1) is 22.2. The van der Waals surface area contributed by atoms with E-state index in [2.05, 4.69) is 5.32 Å². The van der Waals surface area contributed by atoms with E-state index >= 15 is 0 Å². The molecule has 2 rings (SSSR count). The summed E-state index contributed by atoms with van der Waals surface area (Å²) in [5.74, 6) is -0.922. The van der Waals surface area contributed by atoms with Crippen LogP contribution in [0.5, 0.6) is 5.75 Å². The molecule has 1 aliphatic rings. The average molecular weight is 408 g/mol. The summed E-state index contributed by atoms with van der Waals surface area (Å²) in [4.78, 5) is 24.0. The number of carboxylic acid groups (broad SMARTS) is 1. The van der Waals surface area contributed by atoms with Gasteiger partial charge in [0.05, 0.1) is 18.6 Å². The van der Waals surface area contributed by atoms with Gasteiger partial charge in [-0.05, 0) is 24.3 Å². The monoisotopic (exact) mass is 407 g/mol. The number of amides is 1. The molecule has 1 amide bonds. The molecule has 0 aliphatic carbocycles. The van der Waals surface area contributed by atoms with Crippen LogP contribution in [0.1, 0.15) is 0 Å². The van der Waals surface area contributed by atoms with E-state index < -0.39 is 28.4 Å². The number of carbonyl (C=O) groups excluding carboxylic acids is 1. The lowest BCUT2D eigenvalue weighted by Crippen LogP contribution is -2.51. The topological polar surface area (TPSA) is 116 Å². The third-order valence-corrected chi connectivity index (χ3v) is 5.75. The zero-order valence-corrected chi connectivity index (χ0v) is 15.9. The highest BCUT2D eigenvalue weighted by molar-refractivity contribution is 7.89. The summed E-state index contributed by atoms with van der Waals surface area (Å²) < 4.78 is 31.6. The molecule has 0 aromatic heterocycles. The molecule has 0 saturated carbocycles. The summed E-state index contributed by atoms with van der Waals surface area (Å²) in [6.45, 7) is 0.946. The van der Waals surface area contributed by atoms with Crippen molar-refractivity contribution in [3.05, 3.63) is 24.3 Å². The van der Waals surface area contributed by atoms with E-state index in [9.17, 15) is 18.0 Å². The summed E-state index contributed by atoms with van der Waals surface area (Å²) in [6, 6.07) is 6.19. The Balaban J connectivity index is 0.00000338. The Morgan fingerprint density at radius 1 is 1.15 bits per heavy atom. The fraction of sp³-hybridized carbons (Fsp3) is 0.467. The predicted molar refractivity (Wildman–Crippen MR) is 96.1 cm³/mol. The molecule has 1 fully saturated rings. The lowest BCUT2D eigenvalue weighted by atomic mass is 10.3. The van der Waals surface area contributed by atoms with Crippen molar-refractivity contribution in [2.45, 2.75) is 4.90 Å². The van der Waals surface area contributed by atoms with Crippen LogP contribution in [0.2, 0.25) is 0 Å². The van der Waals surface area contributed by atoms with Crippen LogP contribution < -0.4 is 10.1 Å². The van der Waals surface area contributed by atoms with Gasteiger partial charge in [-0.2, -0.15) is 4.31 Å². The normalized spacial score (nSPS) is 15.7. The van der Waals surface area contributed by atoms with Gasteiger partial charge in [0.1, 0.15) is 12.3 Å². The fourth-order valence-electron chi connectivity index (χ4n) is 2.46. The Kier molecular flexibility index (Phi) is 8.28. The number of nitrogens with one attached hydrogen (secondary N) is 1. The van der Waals surface area contributed by atoms with Crippen LogP contribution >= 0.6 is 12.4 Å². The molecule has 9 nitrogen and oxygen atoms in total. The molecule has 0 atom stereocenters. The Morgan fingerprint density at radius 2 is 1.73 bits per heavy atom. The van der Waals surface area contributed by atoms with E-state index in [-0.39, 0.29) is 36.9 Å². The van der Waals surface area contributed by atoms with Gasteiger partial charge in [-0.3, -0.25) is 14.5 Å². The second-order valence-electron chi connectivity index (χ2n) is 5.53. The van der Waals surface area contributed by atoms with E-state index in [4.69, 9.17) is 9.84 Å². The first-order valence-electron chi connectivity index (χ1n) is 7.68. The molecule has 0 radical (unpaired) electrons. The van der Waals surface area contributed by atoms with Gasteiger partial charge >= 0.3 is 5.97 Å². The molecule has 2 N–H and O–H groups in total. The quantitative estimate of drug-likeness (QED) is 0.633. The third kappa shape index (κ3) is 5.84. The average Bonchev–Trinajstić information content (AvgIpc) is 2.60. The van der Waals surface area contributed by atoms with Crippen molar-refractivity contribution in [3.63, 3.8) is 0 Å². The molecule has 1 aliphatic heterocycles. The van der Waals surface area contributed by atoms with Crippen molar-refractivity contribution in [1.82, 2.24) is 14.5 Å². The van der Waals surface area contributed by atoms with Crippen LogP contribution in [0.15, 0.2) is 29.2 Å². The number of halogens is 1. The van der Waals surface area contributed by atoms with Crippen molar-refractivity contribution in [2.24, 2.45) is 0 Å². The zero-order valence-electron chi connectivity index (χ0n) is 14.3. The number of methoxy groups -OCH3 is 1. The number of hydrogen-bond acceptors (Lipinski definition) is 6. The number of sulfonamides is 1. The number of benzene rings is 1. The van der Waals surface area contributed by atoms with Crippen LogP contribution in [0.25, 0.3) is 0 Å². The number of piperazine rings is 1. The molecule has 26 heavy (non-hydrogen) atoms. The minimum Gasteiger partial charge on any atom is -0.497 e. The maximum atomic E-state index is 12.6. The van der Waals surface area contributed by atoms with Gasteiger partial charge in [0.15, 0.2) is 0 Å². The van der Waals surface area contributed by atoms with Crippen LogP contribution in [-0.4, -0.2) is 81.0 Å². The van der Waals surface area contributed by atoms with Crippen molar-refractivity contribution in [3.8, 4) is 5.75 Å². The number of rotatable bonds is 7. The fourth-order valence-corrected chi connectivity index (χ4v) is 3.88. The smallest absolute Gasteiger partial charge is 0.322 e. The highest BCUT2D eigenvalue weighted by Crippen LogP contribution is 2.20. The standard InChI is InChI=1S/C15H21N3O6S.ClH/c1-24-12-2-4-13(5-3-12)25(22,23)18-8-6-17(7-9-18)11-14(19)16-10-15(20)21;/h2-5H,6-11H2,1H3,(H,16,19)(H,20,21);1H. The number of carbonyl (C=O) groups is 2. The molecule has 1 aromatic carbocycles. The second kappa shape index (κ2) is 9.72. The maximum absolute atomic E-state index is 12.6. The summed E-state index contributed by atoms with van der Waals surface area (Å²) >= 11 is 0. The van der Waals surface area contributed by atoms with E-state index in [0.717, 1.165) is 0 Å². The molecule has 1 saturated heterocycles. The van der Waals surface area contributed by atoms with Gasteiger partial charge in [-0.25, -0.2) is 8.42 Å². The van der Waals surface area contributed by atoms with Crippen molar-refractivity contribution < 1.29 is 27.9 Å². The lowest BCUT2D eigenvalue weighted by molar-refractivity contribution is -0.138. The lowest BCUT2D eigenvalue weighted by Gasteiger charge is -2.33. The predicted octanol–water partition coefficient (Wildman–Crippen LogP) is -0.376. The largest absolute Gasteiger partial charge is 0.497 e. The summed E-state index contributed by atoms with van der Waals surface area (Å²) in [6.07, 6.45) is 0. The van der Waals surface area contributed by atoms with Gasteiger partial charge in [0.2, 0.25) is 15.9 Å². The molecular weight excluding hydrogens is 386 g/mol. The molecule has 11 heteroatoms. The number of ether oxygens (including phenoxy) is 1. The van der Waals surface area contributed by atoms with Gasteiger partial charge < -0.3 is 15.2 Å². The third-order valence-electron chi connectivity index (χ3n) is 3.83. The minimum atomic E-state index is -3.59. The number of aliphatic carboxylic acids is 1. The SMILES string of the molecule is COc1ccc(S(=O)(=O)N2CCN(CC(=O)NCC(=O)O)CC2)cc1.Cl. The van der Waals surface area contributed by atoms with Crippen molar-refractivity contribution in [1.29, 1.82) is 0 Å². The molecular formula is C15H22ClN3O6S. The first-order valence-corrected chi connectivity index (χ1v) is 9.12. The second-order valence-corrected chi connectivity index (χ2v) is 7.46. The molecule has 0 unspecified atom stereocenters. The van der Waals surface area contributed by atoms with Crippen LogP contribution in [0, 0.1) is 0 Å². The number of nitrogens with zero attached hydrogens (tertiary/aromatic N) is 2. The Morgan fingerprint density at radius 3 is 2.23 bits per heavy atom. The highest BCUT2D eigenvalue weighted by Gasteiger charge is 2.29. The first-order chi connectivity index (χ1) is 11.8. The summed E-state index contributed by atoms with van der Waals surface area (Å²) in [5, 5.41) is 10.8. The molecule has 146 valence electrons. The Bertz CT molecular complexity index is 717. The Hall–Kier alpha value is -1.88. The highest BCUT2D eigenvalue weighted by atomic mass is 35.5. The van der Waals surface area contributed by atoms with E-state index in [1.165, 1.54) is 23.5 Å². The Labute approximate surface area is 158 Å². The minimum absolute atomic E-state index is 0. The molecule has 0 bridgehead atoms. The molecule has 1 heterocycles. The van der Waals surface area contributed by atoms with Crippen LogP contribution in [0.4, 0.5) is 0 Å². The zero-order chi connectivity index (χ0) is 18.4. The summed E-state index contributed by atoms with van der Waals surface area (Å²) in [5.41, 5.74) is 0.